The van der Waals surface area contributed by atoms with E-state index in [4.69, 9.17) is 0 Å². The predicted octanol–water partition coefficient (Wildman–Crippen LogP) is 4.44. The van der Waals surface area contributed by atoms with Gasteiger partial charge >= 0.3 is 6.18 Å². The summed E-state index contributed by atoms with van der Waals surface area (Å²) in [6.07, 6.45) is 1.94. The van der Waals surface area contributed by atoms with Crippen molar-refractivity contribution in [3.63, 3.8) is 0 Å². The Morgan fingerprint density at radius 1 is 1.22 bits per heavy atom. The van der Waals surface area contributed by atoms with E-state index in [0.29, 0.717) is 5.82 Å². The molecule has 1 saturated carbocycles. The van der Waals surface area contributed by atoms with Crippen LogP contribution in [0.3, 0.4) is 0 Å². The molecule has 2 rings (SSSR count). The molecule has 0 aromatic carbocycles. The Morgan fingerprint density at radius 3 is 2.44 bits per heavy atom. The number of alkyl halides is 4. The molecule has 6 heteroatoms. The molecule has 2 nitrogen and oxygen atoms in total. The average Bonchev–Trinajstić information content (AvgIpc) is 2.38. The number of hydrogen-bond acceptors (Lipinski definition) is 2. The van der Waals surface area contributed by atoms with Crippen LogP contribution >= 0.6 is 15.9 Å². The lowest BCUT2D eigenvalue weighted by Crippen LogP contribution is -2.17. The van der Waals surface area contributed by atoms with Gasteiger partial charge in [-0.3, -0.25) is 0 Å². The van der Waals surface area contributed by atoms with Gasteiger partial charge in [-0.2, -0.15) is 13.2 Å². The minimum Gasteiger partial charge on any atom is -0.241 e. The Labute approximate surface area is 112 Å². The Hall–Kier alpha value is -0.650. The van der Waals surface area contributed by atoms with E-state index < -0.39 is 11.9 Å². The molecule has 1 fully saturated rings. The molecule has 1 aliphatic rings. The molecule has 18 heavy (non-hydrogen) atoms. The maximum Gasteiger partial charge on any atom is 0.433 e. The van der Waals surface area contributed by atoms with Crippen molar-refractivity contribution < 1.29 is 13.2 Å². The van der Waals surface area contributed by atoms with Crippen LogP contribution < -0.4 is 0 Å². The quantitative estimate of drug-likeness (QED) is 0.752. The molecule has 1 heterocycles. The van der Waals surface area contributed by atoms with E-state index in [2.05, 4.69) is 25.9 Å². The first-order chi connectivity index (χ1) is 8.52. The Bertz CT molecular complexity index is 414. The lowest BCUT2D eigenvalue weighted by molar-refractivity contribution is -0.141. The van der Waals surface area contributed by atoms with E-state index in [1.807, 2.05) is 0 Å². The van der Waals surface area contributed by atoms with Gasteiger partial charge in [-0.15, -0.1) is 0 Å². The Morgan fingerprint density at radius 2 is 1.89 bits per heavy atom. The van der Waals surface area contributed by atoms with Crippen LogP contribution in [0.2, 0.25) is 0 Å². The molecular formula is C12H14BrF3N2. The highest BCUT2D eigenvalue weighted by molar-refractivity contribution is 9.08. The third kappa shape index (κ3) is 3.02. The van der Waals surface area contributed by atoms with Crippen molar-refractivity contribution in [2.45, 2.75) is 49.5 Å². The molecule has 0 amide bonds. The van der Waals surface area contributed by atoms with Gasteiger partial charge in [0.1, 0.15) is 5.82 Å². The topological polar surface area (TPSA) is 25.8 Å². The van der Waals surface area contributed by atoms with E-state index in [1.54, 1.807) is 0 Å². The molecule has 0 aliphatic heterocycles. The zero-order chi connectivity index (χ0) is 13.2. The van der Waals surface area contributed by atoms with Crippen molar-refractivity contribution in [1.29, 1.82) is 0 Å². The lowest BCUT2D eigenvalue weighted by atomic mass is 9.88. The minimum atomic E-state index is -4.41. The second kappa shape index (κ2) is 5.55. The van der Waals surface area contributed by atoms with Crippen LogP contribution in [0.1, 0.15) is 55.1 Å². The van der Waals surface area contributed by atoms with Crippen LogP contribution in [0.15, 0.2) is 6.20 Å². The summed E-state index contributed by atoms with van der Waals surface area (Å²) in [7, 11) is 0. The highest BCUT2D eigenvalue weighted by Gasteiger charge is 2.36. The van der Waals surface area contributed by atoms with Crippen molar-refractivity contribution >= 4 is 15.9 Å². The van der Waals surface area contributed by atoms with Crippen molar-refractivity contribution in [3.8, 4) is 0 Å². The predicted molar refractivity (Wildman–Crippen MR) is 65.5 cm³/mol. The molecule has 1 aromatic rings. The molecule has 0 spiro atoms. The van der Waals surface area contributed by atoms with Gasteiger partial charge in [0.25, 0.3) is 0 Å². The van der Waals surface area contributed by atoms with Crippen LogP contribution in [-0.4, -0.2) is 9.97 Å². The van der Waals surface area contributed by atoms with Crippen molar-refractivity contribution in [2.75, 3.05) is 0 Å². The fourth-order valence-electron chi connectivity index (χ4n) is 2.32. The summed E-state index contributed by atoms with van der Waals surface area (Å²) in [5.74, 6) is 0.441. The van der Waals surface area contributed by atoms with Gasteiger partial charge in [0, 0.05) is 23.0 Å². The number of rotatable bonds is 2. The summed E-state index contributed by atoms with van der Waals surface area (Å²) in [5, 5.41) is 0.118. The van der Waals surface area contributed by atoms with Gasteiger partial charge in [0.2, 0.25) is 0 Å². The summed E-state index contributed by atoms with van der Waals surface area (Å²) in [4.78, 5) is 7.88. The molecule has 100 valence electrons. The van der Waals surface area contributed by atoms with Gasteiger partial charge in [0.15, 0.2) is 5.69 Å². The molecule has 1 aromatic heterocycles. The highest BCUT2D eigenvalue weighted by atomic mass is 79.9. The van der Waals surface area contributed by atoms with E-state index in [9.17, 15) is 13.2 Å². The summed E-state index contributed by atoms with van der Waals surface area (Å²) < 4.78 is 38.6. The zero-order valence-corrected chi connectivity index (χ0v) is 11.4. The molecule has 1 aliphatic carbocycles. The van der Waals surface area contributed by atoms with E-state index >= 15 is 0 Å². The first kappa shape index (κ1) is 13.8. The number of halogens is 4. The monoisotopic (exact) mass is 322 g/mol. The fourth-order valence-corrected chi connectivity index (χ4v) is 2.73. The summed E-state index contributed by atoms with van der Waals surface area (Å²) in [6, 6.07) is 0. The number of nitrogens with zero attached hydrogens (tertiary/aromatic N) is 2. The molecule has 0 saturated heterocycles. The lowest BCUT2D eigenvalue weighted by Gasteiger charge is -2.21. The third-order valence-electron chi connectivity index (χ3n) is 3.27. The normalized spacial score (nSPS) is 18.0. The van der Waals surface area contributed by atoms with Crippen LogP contribution in [0.4, 0.5) is 13.2 Å². The number of aromatic nitrogens is 2. The summed E-state index contributed by atoms with van der Waals surface area (Å²) in [5.41, 5.74) is -0.697. The third-order valence-corrected chi connectivity index (χ3v) is 3.87. The van der Waals surface area contributed by atoms with E-state index in [1.165, 1.54) is 6.20 Å². The average molecular weight is 323 g/mol. The van der Waals surface area contributed by atoms with Crippen molar-refractivity contribution in [3.05, 3.63) is 23.3 Å². The minimum absolute atomic E-state index is 0.0872. The van der Waals surface area contributed by atoms with Crippen molar-refractivity contribution in [2.24, 2.45) is 0 Å². The maximum absolute atomic E-state index is 12.9. The van der Waals surface area contributed by atoms with Crippen LogP contribution in [0.25, 0.3) is 0 Å². The molecule has 0 bridgehead atoms. The molecule has 0 unspecified atom stereocenters. The number of hydrogen-bond donors (Lipinski definition) is 0. The van der Waals surface area contributed by atoms with E-state index in [0.717, 1.165) is 32.1 Å². The van der Waals surface area contributed by atoms with E-state index in [-0.39, 0.29) is 16.8 Å². The second-order valence-electron chi connectivity index (χ2n) is 4.57. The highest BCUT2D eigenvalue weighted by Crippen LogP contribution is 2.35. The second-order valence-corrected chi connectivity index (χ2v) is 5.13. The fraction of sp³-hybridized carbons (Fsp3) is 0.667. The first-order valence-corrected chi connectivity index (χ1v) is 7.13. The molecule has 0 atom stereocenters. The SMILES string of the molecule is FC(F)(F)c1nc(C2CCCCC2)ncc1CBr. The van der Waals surface area contributed by atoms with Gasteiger partial charge in [-0.25, -0.2) is 9.97 Å². The van der Waals surface area contributed by atoms with Gasteiger partial charge in [-0.1, -0.05) is 35.2 Å². The molecule has 0 radical (unpaired) electrons. The Kier molecular flexibility index (Phi) is 4.25. The van der Waals surface area contributed by atoms with Crippen LogP contribution in [0, 0.1) is 0 Å². The van der Waals surface area contributed by atoms with Gasteiger partial charge in [0.05, 0.1) is 0 Å². The smallest absolute Gasteiger partial charge is 0.241 e. The summed E-state index contributed by atoms with van der Waals surface area (Å²) in [6.45, 7) is 0. The Balaban J connectivity index is 2.33. The molecule has 0 N–H and O–H groups in total. The van der Waals surface area contributed by atoms with Crippen molar-refractivity contribution in [1.82, 2.24) is 9.97 Å². The largest absolute Gasteiger partial charge is 0.433 e. The van der Waals surface area contributed by atoms with Crippen LogP contribution in [-0.2, 0) is 11.5 Å². The standard InChI is InChI=1S/C12H14BrF3N2/c13-6-9-7-17-11(8-4-2-1-3-5-8)18-10(9)12(14,15)16/h7-8H,1-6H2. The van der Waals surface area contributed by atoms with Gasteiger partial charge in [-0.05, 0) is 12.8 Å². The zero-order valence-electron chi connectivity index (χ0n) is 9.80. The molecular weight excluding hydrogens is 309 g/mol. The van der Waals surface area contributed by atoms with Gasteiger partial charge < -0.3 is 0 Å². The summed E-state index contributed by atoms with van der Waals surface area (Å²) >= 11 is 3.04. The first-order valence-electron chi connectivity index (χ1n) is 6.01. The maximum atomic E-state index is 12.9. The van der Waals surface area contributed by atoms with Crippen LogP contribution in [0.5, 0.6) is 0 Å².